The third-order valence-corrected chi connectivity index (χ3v) is 11.4. The summed E-state index contributed by atoms with van der Waals surface area (Å²) < 4.78 is 8.30. The van der Waals surface area contributed by atoms with Crippen molar-refractivity contribution in [2.75, 3.05) is 23.8 Å². The molecular formula is C24H32N8OSi. The van der Waals surface area contributed by atoms with E-state index in [4.69, 9.17) is 4.43 Å². The molecule has 0 aliphatic carbocycles. The Balaban J connectivity index is 1.67. The molecule has 2 N–H and O–H groups in total. The van der Waals surface area contributed by atoms with Gasteiger partial charge in [0.25, 0.3) is 0 Å². The number of aromatic nitrogens is 5. The fourth-order valence-electron chi connectivity index (χ4n) is 3.68. The first kappa shape index (κ1) is 23.9. The highest BCUT2D eigenvalue weighted by atomic mass is 28.4. The number of rotatable bonds is 6. The molecule has 4 rings (SSSR count). The number of hydrogen-bond donors (Lipinski definition) is 2. The van der Waals surface area contributed by atoms with Crippen LogP contribution in [-0.2, 0) is 16.9 Å². The molecular weight excluding hydrogens is 444 g/mol. The number of hydrogen-bond acceptors (Lipinski definition) is 8. The molecule has 10 heteroatoms. The second-order valence-electron chi connectivity index (χ2n) is 10.7. The number of nitrogens with one attached hydrogen (secondary N) is 2. The number of benzene rings is 1. The van der Waals surface area contributed by atoms with Crippen molar-refractivity contribution in [3.05, 3.63) is 41.9 Å². The summed E-state index contributed by atoms with van der Waals surface area (Å²) in [7, 11) is -0.0796. The first-order chi connectivity index (χ1) is 15.9. The van der Waals surface area contributed by atoms with Gasteiger partial charge in [-0.2, -0.15) is 15.3 Å². The van der Waals surface area contributed by atoms with E-state index in [2.05, 4.69) is 83.6 Å². The molecule has 0 bridgehead atoms. The Morgan fingerprint density at radius 3 is 2.71 bits per heavy atom. The molecule has 9 nitrogen and oxygen atoms in total. The van der Waals surface area contributed by atoms with Gasteiger partial charge < -0.3 is 15.1 Å². The highest BCUT2D eigenvalue weighted by Gasteiger charge is 2.42. The van der Waals surface area contributed by atoms with Crippen molar-refractivity contribution >= 4 is 25.8 Å². The van der Waals surface area contributed by atoms with Crippen molar-refractivity contribution in [3.63, 3.8) is 0 Å². The number of fused-ring (bicyclic) bond motifs is 1. The molecule has 3 heterocycles. The molecule has 1 aromatic carbocycles. The van der Waals surface area contributed by atoms with Gasteiger partial charge in [-0.1, -0.05) is 27.7 Å². The van der Waals surface area contributed by atoms with Gasteiger partial charge in [0, 0.05) is 43.4 Å². The Kier molecular flexibility index (Phi) is 5.95. The highest BCUT2D eigenvalue weighted by molar-refractivity contribution is 6.74. The molecule has 0 saturated heterocycles. The van der Waals surface area contributed by atoms with E-state index < -0.39 is 8.32 Å². The average Bonchev–Trinajstić information content (AvgIpc) is 3.34. The molecule has 0 amide bonds. The van der Waals surface area contributed by atoms with Gasteiger partial charge in [0.15, 0.2) is 20.0 Å². The van der Waals surface area contributed by atoms with E-state index in [9.17, 15) is 5.26 Å². The number of anilines is 3. The smallest absolute Gasteiger partial charge is 0.231 e. The largest absolute Gasteiger partial charge is 0.416 e. The van der Waals surface area contributed by atoms with Crippen LogP contribution in [0.15, 0.2) is 30.7 Å². The van der Waals surface area contributed by atoms with Crippen molar-refractivity contribution in [2.45, 2.75) is 51.2 Å². The van der Waals surface area contributed by atoms with Crippen molar-refractivity contribution < 1.29 is 4.43 Å². The summed E-state index contributed by atoms with van der Waals surface area (Å²) in [5.41, 5.74) is 3.00. The van der Waals surface area contributed by atoms with Crippen molar-refractivity contribution in [1.82, 2.24) is 24.7 Å². The van der Waals surface area contributed by atoms with E-state index in [1.54, 1.807) is 4.68 Å². The van der Waals surface area contributed by atoms with Gasteiger partial charge in [0.1, 0.15) is 12.4 Å². The van der Waals surface area contributed by atoms with E-state index in [-0.39, 0.29) is 10.5 Å². The number of aryl methyl sites for hydroxylation is 1. The summed E-state index contributed by atoms with van der Waals surface area (Å²) in [6, 6.07) is 8.07. The summed E-state index contributed by atoms with van der Waals surface area (Å²) in [4.78, 5) is 13.2. The quantitative estimate of drug-likeness (QED) is 0.497. The van der Waals surface area contributed by atoms with Crippen LogP contribution >= 0.6 is 0 Å². The fourth-order valence-corrected chi connectivity index (χ4v) is 4.79. The zero-order chi connectivity index (χ0) is 24.7. The van der Waals surface area contributed by atoms with Gasteiger partial charge in [-0.25, -0.2) is 9.97 Å². The Bertz CT molecular complexity index is 1260. The van der Waals surface area contributed by atoms with E-state index in [0.717, 1.165) is 16.8 Å². The summed E-state index contributed by atoms with van der Waals surface area (Å²) >= 11 is 0. The van der Waals surface area contributed by atoms with Gasteiger partial charge in [-0.05, 0) is 35.8 Å². The SMILES string of the molecule is Cn1ccc(Nc2ncnc(-c3cc(C#N)c4c(c3)C(C)(CO[Si](C)(C)C(C)(C)C)CN4)n2)n1. The van der Waals surface area contributed by atoms with Crippen LogP contribution in [-0.4, -0.2) is 46.2 Å². The standard InChI is InChI=1S/C24H32N8OSi/c1-23(2,3)34(6,7)33-14-24(4)13-26-20-17(12-25)10-16(11-18(20)24)21-27-15-28-22(30-21)29-19-8-9-32(5)31-19/h8-11,15,26H,13-14H2,1-7H3,(H,27,28,29,30,31). The lowest BCUT2D eigenvalue weighted by molar-refractivity contribution is 0.220. The van der Waals surface area contributed by atoms with Gasteiger partial charge in [-0.15, -0.1) is 0 Å². The molecule has 1 atom stereocenters. The molecule has 0 fully saturated rings. The molecule has 0 saturated carbocycles. The van der Waals surface area contributed by atoms with Crippen LogP contribution in [0.5, 0.6) is 0 Å². The predicted molar refractivity (Wildman–Crippen MR) is 135 cm³/mol. The summed E-state index contributed by atoms with van der Waals surface area (Å²) in [5, 5.41) is 20.8. The van der Waals surface area contributed by atoms with Crippen molar-refractivity contribution in [3.8, 4) is 17.5 Å². The Labute approximate surface area is 201 Å². The minimum absolute atomic E-state index is 0.125. The van der Waals surface area contributed by atoms with Crippen LogP contribution in [0.1, 0.15) is 38.8 Å². The second-order valence-corrected chi connectivity index (χ2v) is 15.5. The molecule has 0 radical (unpaired) electrons. The lowest BCUT2D eigenvalue weighted by Gasteiger charge is -2.39. The molecule has 3 aromatic rings. The van der Waals surface area contributed by atoms with Gasteiger partial charge >= 0.3 is 0 Å². The van der Waals surface area contributed by atoms with Crippen LogP contribution in [0.4, 0.5) is 17.5 Å². The van der Waals surface area contributed by atoms with Crippen molar-refractivity contribution in [2.24, 2.45) is 7.05 Å². The zero-order valence-corrected chi connectivity index (χ0v) is 21.9. The zero-order valence-electron chi connectivity index (χ0n) is 20.9. The first-order valence-corrected chi connectivity index (χ1v) is 14.3. The topological polar surface area (TPSA) is 114 Å². The number of nitrogens with zero attached hydrogens (tertiary/aromatic N) is 6. The molecule has 178 valence electrons. The van der Waals surface area contributed by atoms with Crippen LogP contribution in [0.3, 0.4) is 0 Å². The predicted octanol–water partition coefficient (Wildman–Crippen LogP) is 4.59. The highest BCUT2D eigenvalue weighted by Crippen LogP contribution is 2.43. The van der Waals surface area contributed by atoms with Gasteiger partial charge in [-0.3, -0.25) is 4.68 Å². The lowest BCUT2D eigenvalue weighted by atomic mass is 9.83. The molecule has 1 aliphatic heterocycles. The molecule has 2 aromatic heterocycles. The third kappa shape index (κ3) is 4.54. The van der Waals surface area contributed by atoms with Crippen LogP contribution < -0.4 is 10.6 Å². The average molecular weight is 477 g/mol. The van der Waals surface area contributed by atoms with E-state index in [1.807, 2.05) is 25.4 Å². The maximum absolute atomic E-state index is 9.87. The minimum Gasteiger partial charge on any atom is -0.416 e. The van der Waals surface area contributed by atoms with Crippen molar-refractivity contribution in [1.29, 1.82) is 5.26 Å². The maximum Gasteiger partial charge on any atom is 0.231 e. The summed E-state index contributed by atoms with van der Waals surface area (Å²) in [6.07, 6.45) is 3.30. The maximum atomic E-state index is 9.87. The van der Waals surface area contributed by atoms with Gasteiger partial charge in [0.05, 0.1) is 11.3 Å². The molecule has 0 spiro atoms. The molecule has 1 aliphatic rings. The number of nitriles is 1. The van der Waals surface area contributed by atoms with E-state index >= 15 is 0 Å². The molecule has 1 unspecified atom stereocenters. The monoisotopic (exact) mass is 476 g/mol. The van der Waals surface area contributed by atoms with E-state index in [0.29, 0.717) is 36.3 Å². The Morgan fingerprint density at radius 2 is 2.06 bits per heavy atom. The Hall–Kier alpha value is -3.29. The molecule has 34 heavy (non-hydrogen) atoms. The minimum atomic E-state index is -1.92. The van der Waals surface area contributed by atoms with E-state index in [1.165, 1.54) is 6.33 Å². The van der Waals surface area contributed by atoms with Crippen LogP contribution in [0.2, 0.25) is 18.1 Å². The summed E-state index contributed by atoms with van der Waals surface area (Å²) in [6.45, 7) is 14.7. The second kappa shape index (κ2) is 8.49. The first-order valence-electron chi connectivity index (χ1n) is 11.3. The van der Waals surface area contributed by atoms with Crippen LogP contribution in [0, 0.1) is 11.3 Å². The summed E-state index contributed by atoms with van der Waals surface area (Å²) in [5.74, 6) is 1.53. The lowest BCUT2D eigenvalue weighted by Crippen LogP contribution is -2.45. The van der Waals surface area contributed by atoms with Crippen LogP contribution in [0.25, 0.3) is 11.4 Å². The Morgan fingerprint density at radius 1 is 1.29 bits per heavy atom. The fraction of sp³-hybridized carbons (Fsp3) is 0.458. The van der Waals surface area contributed by atoms with Gasteiger partial charge in [0.2, 0.25) is 5.95 Å². The normalized spacial score (nSPS) is 17.7. The third-order valence-electron chi connectivity index (χ3n) is 6.91.